The molecular formula is C23H22ClFN4O2. The van der Waals surface area contributed by atoms with E-state index in [-0.39, 0.29) is 11.5 Å². The first kappa shape index (κ1) is 21.2. The average molecular weight is 441 g/mol. The van der Waals surface area contributed by atoms with Crippen LogP contribution in [0.1, 0.15) is 21.7 Å². The molecule has 1 aromatic heterocycles. The lowest BCUT2D eigenvalue weighted by Crippen LogP contribution is -2.49. The molecule has 1 aliphatic rings. The van der Waals surface area contributed by atoms with Crippen molar-refractivity contribution in [1.82, 2.24) is 19.6 Å². The molecule has 1 saturated heterocycles. The van der Waals surface area contributed by atoms with Gasteiger partial charge in [-0.3, -0.25) is 14.5 Å². The van der Waals surface area contributed by atoms with E-state index in [1.165, 1.54) is 12.1 Å². The molecule has 1 amide bonds. The average Bonchev–Trinajstić information content (AvgIpc) is 2.77. The van der Waals surface area contributed by atoms with Crippen molar-refractivity contribution in [3.05, 3.63) is 92.6 Å². The molecule has 0 bridgehead atoms. The van der Waals surface area contributed by atoms with E-state index in [4.69, 9.17) is 11.6 Å². The molecule has 0 atom stereocenters. The number of piperazine rings is 1. The van der Waals surface area contributed by atoms with Crippen LogP contribution >= 0.6 is 11.6 Å². The van der Waals surface area contributed by atoms with Crippen LogP contribution in [0, 0.1) is 12.7 Å². The number of carbonyl (C=O) groups is 1. The van der Waals surface area contributed by atoms with Gasteiger partial charge in [0.2, 0.25) is 5.43 Å². The Bertz CT molecular complexity index is 1140. The predicted octanol–water partition coefficient (Wildman–Crippen LogP) is 3.29. The highest BCUT2D eigenvalue weighted by molar-refractivity contribution is 6.31. The van der Waals surface area contributed by atoms with Gasteiger partial charge in [-0.1, -0.05) is 35.9 Å². The van der Waals surface area contributed by atoms with Crippen LogP contribution in [-0.4, -0.2) is 51.7 Å². The molecule has 1 aliphatic heterocycles. The van der Waals surface area contributed by atoms with Gasteiger partial charge in [0.25, 0.3) is 5.91 Å². The minimum atomic E-state index is -0.393. The summed E-state index contributed by atoms with van der Waals surface area (Å²) in [6.45, 7) is 4.10. The van der Waals surface area contributed by atoms with Crippen molar-refractivity contribution in [3.8, 4) is 5.69 Å². The Morgan fingerprint density at radius 2 is 1.77 bits per heavy atom. The van der Waals surface area contributed by atoms with Crippen LogP contribution in [0.3, 0.4) is 0 Å². The highest BCUT2D eigenvalue weighted by atomic mass is 35.5. The minimum absolute atomic E-state index is 0.0972. The van der Waals surface area contributed by atoms with Crippen LogP contribution in [0.2, 0.25) is 5.02 Å². The van der Waals surface area contributed by atoms with Gasteiger partial charge in [-0.25, -0.2) is 9.07 Å². The van der Waals surface area contributed by atoms with Gasteiger partial charge < -0.3 is 4.90 Å². The maximum atomic E-state index is 14.1. The summed E-state index contributed by atoms with van der Waals surface area (Å²) >= 11 is 6.13. The first-order valence-corrected chi connectivity index (χ1v) is 10.4. The molecule has 2 aromatic carbocycles. The molecule has 6 nitrogen and oxygen atoms in total. The molecule has 1 fully saturated rings. The third kappa shape index (κ3) is 4.52. The first-order chi connectivity index (χ1) is 14.9. The van der Waals surface area contributed by atoms with Gasteiger partial charge in [0.15, 0.2) is 5.69 Å². The van der Waals surface area contributed by atoms with Crippen LogP contribution in [0.15, 0.2) is 59.4 Å². The van der Waals surface area contributed by atoms with Crippen LogP contribution in [-0.2, 0) is 6.54 Å². The van der Waals surface area contributed by atoms with E-state index in [1.807, 2.05) is 35.2 Å². The summed E-state index contributed by atoms with van der Waals surface area (Å²) in [7, 11) is 0. The first-order valence-electron chi connectivity index (χ1n) is 10.0. The van der Waals surface area contributed by atoms with Gasteiger partial charge in [-0.15, -0.1) is 0 Å². The van der Waals surface area contributed by atoms with Crippen molar-refractivity contribution in [3.63, 3.8) is 0 Å². The fourth-order valence-corrected chi connectivity index (χ4v) is 3.91. The number of aryl methyl sites for hydroxylation is 1. The van der Waals surface area contributed by atoms with Crippen LogP contribution in [0.4, 0.5) is 4.39 Å². The van der Waals surface area contributed by atoms with Gasteiger partial charge >= 0.3 is 0 Å². The molecule has 4 rings (SSSR count). The van der Waals surface area contributed by atoms with Gasteiger partial charge in [0.05, 0.1) is 5.69 Å². The Morgan fingerprint density at radius 3 is 2.45 bits per heavy atom. The maximum Gasteiger partial charge on any atom is 0.278 e. The van der Waals surface area contributed by atoms with Crippen LogP contribution in [0.5, 0.6) is 0 Å². The second-order valence-electron chi connectivity index (χ2n) is 7.51. The Kier molecular flexibility index (Phi) is 6.15. The van der Waals surface area contributed by atoms with Crippen LogP contribution < -0.4 is 5.43 Å². The normalized spacial score (nSPS) is 14.6. The summed E-state index contributed by atoms with van der Waals surface area (Å²) < 4.78 is 15.7. The van der Waals surface area contributed by atoms with Crippen molar-refractivity contribution in [2.45, 2.75) is 13.5 Å². The topological polar surface area (TPSA) is 58.4 Å². The maximum absolute atomic E-state index is 14.1. The monoisotopic (exact) mass is 440 g/mol. The zero-order valence-electron chi connectivity index (χ0n) is 17.1. The number of para-hydroxylation sites is 1. The summed E-state index contributed by atoms with van der Waals surface area (Å²) in [6, 6.07) is 15.4. The van der Waals surface area contributed by atoms with E-state index in [0.717, 1.165) is 5.69 Å². The summed E-state index contributed by atoms with van der Waals surface area (Å²) in [5, 5.41) is 4.75. The molecule has 160 valence electrons. The molecule has 0 aliphatic carbocycles. The number of halogens is 2. The number of rotatable bonds is 4. The number of hydrogen-bond acceptors (Lipinski definition) is 4. The zero-order valence-corrected chi connectivity index (χ0v) is 17.8. The van der Waals surface area contributed by atoms with E-state index in [1.54, 1.807) is 28.6 Å². The Labute approximate surface area is 184 Å². The highest BCUT2D eigenvalue weighted by Gasteiger charge is 2.26. The van der Waals surface area contributed by atoms with E-state index in [9.17, 15) is 14.0 Å². The molecule has 0 spiro atoms. The van der Waals surface area contributed by atoms with Crippen molar-refractivity contribution in [2.75, 3.05) is 26.2 Å². The highest BCUT2D eigenvalue weighted by Crippen LogP contribution is 2.21. The van der Waals surface area contributed by atoms with E-state index in [0.29, 0.717) is 49.0 Å². The lowest BCUT2D eigenvalue weighted by Gasteiger charge is -2.34. The Morgan fingerprint density at radius 1 is 1.06 bits per heavy atom. The second-order valence-corrected chi connectivity index (χ2v) is 7.92. The third-order valence-corrected chi connectivity index (χ3v) is 5.77. The number of carbonyl (C=O) groups excluding carboxylic acids is 1. The molecule has 3 aromatic rings. The van der Waals surface area contributed by atoms with Crippen molar-refractivity contribution in [1.29, 1.82) is 0 Å². The molecule has 0 unspecified atom stereocenters. The Balaban J connectivity index is 1.48. The summed E-state index contributed by atoms with van der Waals surface area (Å²) in [4.78, 5) is 29.2. The number of aromatic nitrogens is 2. The molecule has 31 heavy (non-hydrogen) atoms. The standard InChI is InChI=1S/C23H22ClFN4O2/c1-16-14-21(30)22(26-29(16)17-6-3-2-4-7-17)23(31)28-12-10-27(11-13-28)15-18-19(24)8-5-9-20(18)25/h2-9,14H,10-13,15H2,1H3. The second kappa shape index (κ2) is 8.99. The van der Waals surface area contributed by atoms with Crippen molar-refractivity contribution >= 4 is 17.5 Å². The summed E-state index contributed by atoms with van der Waals surface area (Å²) in [5.74, 6) is -0.727. The van der Waals surface area contributed by atoms with Gasteiger partial charge in [-0.05, 0) is 31.2 Å². The van der Waals surface area contributed by atoms with Crippen molar-refractivity contribution < 1.29 is 9.18 Å². The van der Waals surface area contributed by atoms with E-state index >= 15 is 0 Å². The number of benzene rings is 2. The van der Waals surface area contributed by atoms with E-state index < -0.39 is 11.3 Å². The van der Waals surface area contributed by atoms with Gasteiger partial charge in [-0.2, -0.15) is 5.10 Å². The minimum Gasteiger partial charge on any atom is -0.335 e. The largest absolute Gasteiger partial charge is 0.335 e. The number of hydrogen-bond donors (Lipinski definition) is 0. The smallest absolute Gasteiger partial charge is 0.278 e. The molecule has 0 N–H and O–H groups in total. The lowest BCUT2D eigenvalue weighted by molar-refractivity contribution is 0.0618. The van der Waals surface area contributed by atoms with E-state index in [2.05, 4.69) is 5.10 Å². The number of nitrogens with zero attached hydrogens (tertiary/aromatic N) is 4. The molecule has 8 heteroatoms. The Hall–Kier alpha value is -3.03. The van der Waals surface area contributed by atoms with Gasteiger partial charge in [0, 0.05) is 55.1 Å². The third-order valence-electron chi connectivity index (χ3n) is 5.41. The summed E-state index contributed by atoms with van der Waals surface area (Å²) in [6.07, 6.45) is 0. The lowest BCUT2D eigenvalue weighted by atomic mass is 10.1. The molecule has 2 heterocycles. The van der Waals surface area contributed by atoms with Crippen LogP contribution in [0.25, 0.3) is 5.69 Å². The molecule has 0 radical (unpaired) electrons. The fourth-order valence-electron chi connectivity index (χ4n) is 3.69. The van der Waals surface area contributed by atoms with Crippen molar-refractivity contribution in [2.24, 2.45) is 0 Å². The SMILES string of the molecule is Cc1cc(=O)c(C(=O)N2CCN(Cc3c(F)cccc3Cl)CC2)nn1-c1ccccc1. The molecular weight excluding hydrogens is 419 g/mol. The van der Waals surface area contributed by atoms with Gasteiger partial charge in [0.1, 0.15) is 5.82 Å². The zero-order chi connectivity index (χ0) is 22.0. The number of amides is 1. The summed E-state index contributed by atoms with van der Waals surface area (Å²) in [5.41, 5.74) is 1.39. The quantitative estimate of drug-likeness (QED) is 0.624. The molecule has 0 saturated carbocycles. The predicted molar refractivity (Wildman–Crippen MR) is 117 cm³/mol. The fraction of sp³-hybridized carbons (Fsp3) is 0.261.